The molecule has 2 aromatic heterocycles. The SMILES string of the molecule is Cc1cc(C)cc(-c2ccc3c(c2)c2ccccc2n3-c2c(-c3cc(C#N)cc(C#N)c3)cc(-c3nc(-c4ccccc4)nc(-c4ccccc4)n3)cc2-c2cc(C#N)cc(C#N)c2)c1. The molecule has 0 saturated heterocycles. The number of aromatic nitrogens is 4. The van der Waals surface area contributed by atoms with Crippen LogP contribution in [0, 0.1) is 59.2 Å². The van der Waals surface area contributed by atoms with Crippen molar-refractivity contribution in [1.82, 2.24) is 19.5 Å². The monoisotopic (exact) mass is 830 g/mol. The van der Waals surface area contributed by atoms with E-state index in [1.54, 1.807) is 36.4 Å². The van der Waals surface area contributed by atoms with E-state index < -0.39 is 0 Å². The van der Waals surface area contributed by atoms with Crippen molar-refractivity contribution in [2.45, 2.75) is 13.8 Å². The van der Waals surface area contributed by atoms with Gasteiger partial charge in [-0.3, -0.25) is 0 Å². The zero-order chi connectivity index (χ0) is 44.6. The molecule has 0 spiro atoms. The maximum absolute atomic E-state index is 10.3. The van der Waals surface area contributed by atoms with Crippen molar-refractivity contribution < 1.29 is 0 Å². The molecule has 0 aliphatic carbocycles. The fourth-order valence-electron chi connectivity index (χ4n) is 8.74. The predicted octanol–water partition coefficient (Wildman–Crippen LogP) is 13.1. The molecule has 65 heavy (non-hydrogen) atoms. The van der Waals surface area contributed by atoms with Crippen molar-refractivity contribution in [1.29, 1.82) is 21.0 Å². The van der Waals surface area contributed by atoms with Crippen LogP contribution in [0.5, 0.6) is 0 Å². The van der Waals surface area contributed by atoms with Crippen molar-refractivity contribution in [2.75, 3.05) is 0 Å². The summed E-state index contributed by atoms with van der Waals surface area (Å²) >= 11 is 0. The zero-order valence-corrected chi connectivity index (χ0v) is 35.2. The number of aryl methyl sites for hydroxylation is 2. The minimum atomic E-state index is 0.313. The van der Waals surface area contributed by atoms with E-state index in [0.29, 0.717) is 73.2 Å². The molecule has 0 amide bonds. The third kappa shape index (κ3) is 7.41. The molecule has 0 N–H and O–H groups in total. The maximum Gasteiger partial charge on any atom is 0.164 e. The quantitative estimate of drug-likeness (QED) is 0.156. The topological polar surface area (TPSA) is 139 Å². The van der Waals surface area contributed by atoms with Crippen LogP contribution >= 0.6 is 0 Å². The fraction of sp³-hybridized carbons (Fsp3) is 0.0351. The van der Waals surface area contributed by atoms with Gasteiger partial charge < -0.3 is 4.57 Å². The van der Waals surface area contributed by atoms with E-state index in [1.807, 2.05) is 84.9 Å². The van der Waals surface area contributed by atoms with E-state index in [1.165, 1.54) is 11.1 Å². The lowest BCUT2D eigenvalue weighted by Crippen LogP contribution is -2.04. The van der Waals surface area contributed by atoms with Crippen molar-refractivity contribution in [2.24, 2.45) is 0 Å². The van der Waals surface area contributed by atoms with Gasteiger partial charge in [0.1, 0.15) is 0 Å². The molecule has 2 heterocycles. The van der Waals surface area contributed by atoms with Crippen LogP contribution in [0.15, 0.2) is 170 Å². The highest BCUT2D eigenvalue weighted by Crippen LogP contribution is 2.45. The smallest absolute Gasteiger partial charge is 0.164 e. The summed E-state index contributed by atoms with van der Waals surface area (Å²) in [4.78, 5) is 15.2. The summed E-state index contributed by atoms with van der Waals surface area (Å²) in [5.41, 5.74) is 13.1. The molecule has 0 aliphatic rings. The van der Waals surface area contributed by atoms with Crippen LogP contribution in [0.4, 0.5) is 0 Å². The Balaban J connectivity index is 1.37. The third-order valence-electron chi connectivity index (χ3n) is 11.5. The van der Waals surface area contributed by atoms with Gasteiger partial charge >= 0.3 is 0 Å². The second-order valence-electron chi connectivity index (χ2n) is 16.0. The van der Waals surface area contributed by atoms with Crippen molar-refractivity contribution in [3.63, 3.8) is 0 Å². The van der Waals surface area contributed by atoms with Crippen LogP contribution in [0.3, 0.4) is 0 Å². The fourth-order valence-corrected chi connectivity index (χ4v) is 8.74. The summed E-state index contributed by atoms with van der Waals surface area (Å²) < 4.78 is 2.21. The normalized spacial score (nSPS) is 10.9. The molecule has 302 valence electrons. The molecule has 0 atom stereocenters. The summed E-state index contributed by atoms with van der Waals surface area (Å²) in [6.07, 6.45) is 0. The Morgan fingerprint density at radius 3 is 1.29 bits per heavy atom. The van der Waals surface area contributed by atoms with E-state index in [-0.39, 0.29) is 0 Å². The molecule has 0 fully saturated rings. The van der Waals surface area contributed by atoms with E-state index in [2.05, 4.69) is 91.2 Å². The molecule has 0 saturated carbocycles. The maximum atomic E-state index is 10.3. The van der Waals surface area contributed by atoms with Crippen molar-refractivity contribution in [3.05, 3.63) is 203 Å². The van der Waals surface area contributed by atoms with Gasteiger partial charge in [0.25, 0.3) is 0 Å². The molecule has 10 aromatic rings. The van der Waals surface area contributed by atoms with E-state index in [9.17, 15) is 21.0 Å². The Labute approximate surface area is 375 Å². The molecule has 8 heteroatoms. The number of rotatable bonds is 7. The van der Waals surface area contributed by atoms with Gasteiger partial charge in [-0.15, -0.1) is 0 Å². The first kappa shape index (κ1) is 39.7. The third-order valence-corrected chi connectivity index (χ3v) is 11.5. The molecular formula is C57H34N8. The van der Waals surface area contributed by atoms with Crippen LogP contribution in [-0.4, -0.2) is 19.5 Å². The summed E-state index contributed by atoms with van der Waals surface area (Å²) in [7, 11) is 0. The zero-order valence-electron chi connectivity index (χ0n) is 35.2. The van der Waals surface area contributed by atoms with Gasteiger partial charge in [0.05, 0.1) is 63.3 Å². The van der Waals surface area contributed by atoms with Crippen LogP contribution < -0.4 is 0 Å². The first-order valence-corrected chi connectivity index (χ1v) is 20.9. The lowest BCUT2D eigenvalue weighted by atomic mass is 9.90. The Hall–Kier alpha value is -9.47. The van der Waals surface area contributed by atoms with E-state index in [4.69, 9.17) is 15.0 Å². The minimum absolute atomic E-state index is 0.313. The number of para-hydroxylation sites is 1. The van der Waals surface area contributed by atoms with Gasteiger partial charge in [0, 0.05) is 38.6 Å². The molecule has 0 radical (unpaired) electrons. The standard InChI is InChI=1S/C57H34N8/c1-35-19-36(2)21-44(20-35)43-17-18-53-51(28-43)48-15-9-10-16-52(48)65(53)54-49(45-24-37(31-58)22-38(25-45)32-59)29-47(30-50(54)46-26-39(33-60)23-40(27-46)34-61)57-63-55(41-11-5-3-6-12-41)62-56(64-57)42-13-7-4-8-14-42/h3-30H,1-2H3. The number of benzene rings is 8. The molecule has 0 aliphatic heterocycles. The summed E-state index contributed by atoms with van der Waals surface area (Å²) in [5, 5.41) is 43.3. The predicted molar refractivity (Wildman–Crippen MR) is 255 cm³/mol. The van der Waals surface area contributed by atoms with Gasteiger partial charge in [0.15, 0.2) is 17.5 Å². The summed E-state index contributed by atoms with van der Waals surface area (Å²) in [6.45, 7) is 4.21. The molecule has 0 bridgehead atoms. The van der Waals surface area contributed by atoms with Crippen molar-refractivity contribution in [3.8, 4) is 97.5 Å². The van der Waals surface area contributed by atoms with Gasteiger partial charge in [-0.2, -0.15) is 21.0 Å². The molecule has 10 rings (SSSR count). The molecule has 8 nitrogen and oxygen atoms in total. The Bertz CT molecular complexity index is 3490. The van der Waals surface area contributed by atoms with Gasteiger partial charge in [-0.25, -0.2) is 15.0 Å². The van der Waals surface area contributed by atoms with Gasteiger partial charge in [-0.05, 0) is 103 Å². The Morgan fingerprint density at radius 1 is 0.354 bits per heavy atom. The van der Waals surface area contributed by atoms with Crippen LogP contribution in [0.1, 0.15) is 33.4 Å². The molecular weight excluding hydrogens is 797 g/mol. The number of fused-ring (bicyclic) bond motifs is 3. The summed E-state index contributed by atoms with van der Waals surface area (Å²) in [6, 6.07) is 64.1. The van der Waals surface area contributed by atoms with E-state index in [0.717, 1.165) is 44.1 Å². The van der Waals surface area contributed by atoms with Crippen LogP contribution in [0.25, 0.3) is 95.0 Å². The highest BCUT2D eigenvalue weighted by atomic mass is 15.0. The van der Waals surface area contributed by atoms with Crippen molar-refractivity contribution >= 4 is 21.8 Å². The average molecular weight is 831 g/mol. The second-order valence-corrected chi connectivity index (χ2v) is 16.0. The Kier molecular flexibility index (Phi) is 10.0. The lowest BCUT2D eigenvalue weighted by Gasteiger charge is -2.21. The van der Waals surface area contributed by atoms with Gasteiger partial charge in [-0.1, -0.05) is 114 Å². The largest absolute Gasteiger partial charge is 0.308 e. The minimum Gasteiger partial charge on any atom is -0.308 e. The number of nitriles is 4. The number of hydrogen-bond acceptors (Lipinski definition) is 7. The molecule has 0 unspecified atom stereocenters. The number of hydrogen-bond donors (Lipinski definition) is 0. The lowest BCUT2D eigenvalue weighted by molar-refractivity contribution is 1.07. The first-order valence-electron chi connectivity index (χ1n) is 20.9. The second kappa shape index (κ2) is 16.4. The van der Waals surface area contributed by atoms with Gasteiger partial charge in [0.2, 0.25) is 0 Å². The molecule has 8 aromatic carbocycles. The highest BCUT2D eigenvalue weighted by molar-refractivity contribution is 6.12. The van der Waals surface area contributed by atoms with E-state index >= 15 is 0 Å². The van der Waals surface area contributed by atoms with Crippen LogP contribution in [-0.2, 0) is 0 Å². The first-order chi connectivity index (χ1) is 31.8. The summed E-state index contributed by atoms with van der Waals surface area (Å²) in [5.74, 6) is 1.32. The van der Waals surface area contributed by atoms with Crippen LogP contribution in [0.2, 0.25) is 0 Å². The Morgan fingerprint density at radius 2 is 0.800 bits per heavy atom. The average Bonchev–Trinajstić information content (AvgIpc) is 3.68. The number of nitrogens with zero attached hydrogens (tertiary/aromatic N) is 8. The highest BCUT2D eigenvalue weighted by Gasteiger charge is 2.24.